The van der Waals surface area contributed by atoms with Crippen molar-refractivity contribution < 1.29 is 3.76 Å². The van der Waals surface area contributed by atoms with Crippen LogP contribution in [0.3, 0.4) is 0 Å². The van der Waals surface area contributed by atoms with E-state index in [1.165, 1.54) is 15.8 Å². The van der Waals surface area contributed by atoms with Crippen molar-refractivity contribution in [3.63, 3.8) is 0 Å². The summed E-state index contributed by atoms with van der Waals surface area (Å²) in [5.74, 6) is 0.829. The molecule has 0 aromatic rings. The Balaban J connectivity index is 2.61. The van der Waals surface area contributed by atoms with Gasteiger partial charge in [0, 0.05) is 0 Å². The molecule has 2 atom stereocenters. The van der Waals surface area contributed by atoms with Gasteiger partial charge in [-0.05, 0) is 0 Å². The fourth-order valence-corrected chi connectivity index (χ4v) is 10.5. The average molecular weight is 217 g/mol. The zero-order valence-electron chi connectivity index (χ0n) is 8.18. The van der Waals surface area contributed by atoms with Gasteiger partial charge in [-0.3, -0.25) is 0 Å². The molecule has 0 N–H and O–H groups in total. The Bertz CT molecular complexity index is 120. The minimum absolute atomic E-state index is 0.551. The first-order chi connectivity index (χ1) is 5.13. The van der Waals surface area contributed by atoms with E-state index < -0.39 is 13.6 Å². The molecular formula is C9H20GeO. The summed E-state index contributed by atoms with van der Waals surface area (Å²) in [5.41, 5.74) is 0. The van der Waals surface area contributed by atoms with Gasteiger partial charge in [-0.2, -0.15) is 0 Å². The molecule has 1 saturated heterocycles. The Morgan fingerprint density at radius 2 is 1.82 bits per heavy atom. The summed E-state index contributed by atoms with van der Waals surface area (Å²) in [6.45, 7) is 9.20. The standard InChI is InChI=1S/C9H20GeO/c1-5-10(6-2)7-8(3)9(4)11-10/h8-9H,5-7H2,1-4H3. The van der Waals surface area contributed by atoms with Crippen molar-refractivity contribution in [2.75, 3.05) is 0 Å². The second-order valence-electron chi connectivity index (χ2n) is 3.89. The van der Waals surface area contributed by atoms with Gasteiger partial charge >= 0.3 is 72.8 Å². The van der Waals surface area contributed by atoms with Gasteiger partial charge in [0.05, 0.1) is 0 Å². The number of rotatable bonds is 2. The summed E-state index contributed by atoms with van der Waals surface area (Å²) in [7, 11) is 0. The molecule has 1 fully saturated rings. The molecule has 1 aliphatic rings. The molecule has 0 radical (unpaired) electrons. The van der Waals surface area contributed by atoms with Crippen LogP contribution in [0.4, 0.5) is 0 Å². The van der Waals surface area contributed by atoms with Crippen molar-refractivity contribution in [1.29, 1.82) is 0 Å². The van der Waals surface area contributed by atoms with Crippen molar-refractivity contribution in [3.05, 3.63) is 0 Å². The molecule has 0 spiro atoms. The first-order valence-corrected chi connectivity index (χ1v) is 10.1. The molecule has 0 aromatic carbocycles. The quantitative estimate of drug-likeness (QED) is 0.645. The molecule has 2 heteroatoms. The van der Waals surface area contributed by atoms with Gasteiger partial charge in [-0.15, -0.1) is 0 Å². The van der Waals surface area contributed by atoms with E-state index in [0.717, 1.165) is 5.92 Å². The van der Waals surface area contributed by atoms with Crippen LogP contribution in [0.25, 0.3) is 0 Å². The Kier molecular flexibility index (Phi) is 3.04. The van der Waals surface area contributed by atoms with Crippen LogP contribution >= 0.6 is 0 Å². The van der Waals surface area contributed by atoms with Crippen LogP contribution in [-0.4, -0.2) is 19.7 Å². The maximum absolute atomic E-state index is 6.15. The minimum atomic E-state index is -1.71. The summed E-state index contributed by atoms with van der Waals surface area (Å²) < 4.78 is 6.15. The molecule has 2 unspecified atom stereocenters. The fourth-order valence-electron chi connectivity index (χ4n) is 2.02. The van der Waals surface area contributed by atoms with E-state index in [-0.39, 0.29) is 0 Å². The van der Waals surface area contributed by atoms with Gasteiger partial charge in [0.2, 0.25) is 0 Å². The van der Waals surface area contributed by atoms with Crippen molar-refractivity contribution in [3.8, 4) is 0 Å². The van der Waals surface area contributed by atoms with E-state index in [1.54, 1.807) is 0 Å². The molecule has 0 saturated carbocycles. The summed E-state index contributed by atoms with van der Waals surface area (Å²) in [4.78, 5) is 0. The van der Waals surface area contributed by atoms with E-state index in [9.17, 15) is 0 Å². The van der Waals surface area contributed by atoms with Crippen molar-refractivity contribution in [1.82, 2.24) is 0 Å². The molecule has 0 aromatic heterocycles. The van der Waals surface area contributed by atoms with E-state index in [2.05, 4.69) is 27.7 Å². The molecule has 0 amide bonds. The number of hydrogen-bond acceptors (Lipinski definition) is 1. The summed E-state index contributed by atoms with van der Waals surface area (Å²) >= 11 is -1.71. The van der Waals surface area contributed by atoms with Crippen LogP contribution < -0.4 is 0 Å². The van der Waals surface area contributed by atoms with E-state index in [4.69, 9.17) is 3.76 Å². The summed E-state index contributed by atoms with van der Waals surface area (Å²) in [5, 5.41) is 4.14. The van der Waals surface area contributed by atoms with Crippen molar-refractivity contribution >= 4 is 13.6 Å². The molecule has 0 bridgehead atoms. The van der Waals surface area contributed by atoms with Crippen molar-refractivity contribution in [2.24, 2.45) is 5.92 Å². The maximum atomic E-state index is 6.15. The molecule has 1 aliphatic heterocycles. The van der Waals surface area contributed by atoms with Gasteiger partial charge in [-0.25, -0.2) is 0 Å². The van der Waals surface area contributed by atoms with Crippen molar-refractivity contribution in [2.45, 2.75) is 49.6 Å². The molecular weight excluding hydrogens is 197 g/mol. The predicted molar refractivity (Wildman–Crippen MR) is 51.2 cm³/mol. The molecule has 1 nitrogen and oxygen atoms in total. The Morgan fingerprint density at radius 1 is 1.27 bits per heavy atom. The van der Waals surface area contributed by atoms with Crippen LogP contribution in [0.1, 0.15) is 27.7 Å². The van der Waals surface area contributed by atoms with Gasteiger partial charge in [0.15, 0.2) is 0 Å². The average Bonchev–Trinajstić information content (AvgIpc) is 2.29. The zero-order valence-corrected chi connectivity index (χ0v) is 10.3. The van der Waals surface area contributed by atoms with Crippen LogP contribution in [0.5, 0.6) is 0 Å². The Morgan fingerprint density at radius 3 is 2.00 bits per heavy atom. The monoisotopic (exact) mass is 218 g/mol. The molecule has 11 heavy (non-hydrogen) atoms. The second-order valence-corrected chi connectivity index (χ2v) is 13.2. The Labute approximate surface area is 73.2 Å². The number of hydrogen-bond donors (Lipinski definition) is 0. The predicted octanol–water partition coefficient (Wildman–Crippen LogP) is 3.03. The third kappa shape index (κ3) is 1.81. The van der Waals surface area contributed by atoms with E-state index in [0.29, 0.717) is 6.10 Å². The normalized spacial score (nSPS) is 36.0. The van der Waals surface area contributed by atoms with Gasteiger partial charge in [-0.1, -0.05) is 0 Å². The van der Waals surface area contributed by atoms with Gasteiger partial charge in [0.1, 0.15) is 0 Å². The van der Waals surface area contributed by atoms with Gasteiger partial charge < -0.3 is 0 Å². The Hall–Kier alpha value is 0.503. The first kappa shape index (κ1) is 9.59. The van der Waals surface area contributed by atoms with Crippen LogP contribution in [0, 0.1) is 5.92 Å². The summed E-state index contributed by atoms with van der Waals surface area (Å²) in [6, 6.07) is 0. The molecule has 1 heterocycles. The van der Waals surface area contributed by atoms with E-state index >= 15 is 0 Å². The van der Waals surface area contributed by atoms with Crippen LogP contribution in [0.2, 0.25) is 15.8 Å². The van der Waals surface area contributed by atoms with Gasteiger partial charge in [0.25, 0.3) is 0 Å². The fraction of sp³-hybridized carbons (Fsp3) is 1.00. The van der Waals surface area contributed by atoms with Crippen LogP contribution in [0.15, 0.2) is 0 Å². The molecule has 1 rings (SSSR count). The SMILES string of the molecule is C[CH2][Ge]1([CH2]C)[CH2]C(C)C(C)[O]1. The second kappa shape index (κ2) is 3.48. The summed E-state index contributed by atoms with van der Waals surface area (Å²) in [6.07, 6.45) is 0.551. The van der Waals surface area contributed by atoms with Crippen LogP contribution in [-0.2, 0) is 3.76 Å². The molecule has 0 aliphatic carbocycles. The topological polar surface area (TPSA) is 9.23 Å². The first-order valence-electron chi connectivity index (χ1n) is 4.81. The molecule has 66 valence electrons. The zero-order chi connectivity index (χ0) is 8.48. The van der Waals surface area contributed by atoms with E-state index in [1.807, 2.05) is 0 Å². The third-order valence-corrected chi connectivity index (χ3v) is 13.4. The third-order valence-electron chi connectivity index (χ3n) is 3.22.